The molecular weight excluding hydrogens is 300 g/mol. The van der Waals surface area contributed by atoms with Gasteiger partial charge in [0.05, 0.1) is 24.2 Å². The van der Waals surface area contributed by atoms with Gasteiger partial charge in [-0.1, -0.05) is 24.3 Å². The lowest BCUT2D eigenvalue weighted by Gasteiger charge is -2.37. The minimum Gasteiger partial charge on any atom is -0.393 e. The molecule has 1 aromatic rings. The summed E-state index contributed by atoms with van der Waals surface area (Å²) >= 11 is 0. The van der Waals surface area contributed by atoms with Gasteiger partial charge in [0.15, 0.2) is 0 Å². The van der Waals surface area contributed by atoms with Crippen LogP contribution in [0.15, 0.2) is 24.3 Å². The molecule has 4 heteroatoms. The number of aliphatic hydroxyl groups is 1. The van der Waals surface area contributed by atoms with Gasteiger partial charge in [-0.15, -0.1) is 0 Å². The molecule has 3 atom stereocenters. The molecule has 4 nitrogen and oxygen atoms in total. The Labute approximate surface area is 145 Å². The lowest BCUT2D eigenvalue weighted by atomic mass is 9.83. The van der Waals surface area contributed by atoms with Gasteiger partial charge in [-0.3, -0.25) is 4.90 Å². The molecule has 130 valence electrons. The van der Waals surface area contributed by atoms with E-state index in [0.29, 0.717) is 19.3 Å². The second kappa shape index (κ2) is 7.23. The summed E-state index contributed by atoms with van der Waals surface area (Å²) in [6, 6.07) is 11.1. The van der Waals surface area contributed by atoms with Crippen LogP contribution in [-0.4, -0.2) is 41.9 Å². The maximum Gasteiger partial charge on any atom is 0.0769 e. The number of hydrogen-bond acceptors (Lipinski definition) is 4. The van der Waals surface area contributed by atoms with Gasteiger partial charge in [0.2, 0.25) is 0 Å². The van der Waals surface area contributed by atoms with E-state index in [1.54, 1.807) is 0 Å². The van der Waals surface area contributed by atoms with E-state index in [2.05, 4.69) is 29.2 Å². The van der Waals surface area contributed by atoms with Gasteiger partial charge in [0.25, 0.3) is 0 Å². The Balaban J connectivity index is 1.80. The van der Waals surface area contributed by atoms with E-state index in [9.17, 15) is 10.4 Å². The van der Waals surface area contributed by atoms with Crippen LogP contribution in [0, 0.1) is 17.2 Å². The summed E-state index contributed by atoms with van der Waals surface area (Å²) in [5.74, 6) is 0.206. The minimum absolute atomic E-state index is 0.206. The van der Waals surface area contributed by atoms with E-state index in [1.165, 1.54) is 5.56 Å². The van der Waals surface area contributed by atoms with Crippen LogP contribution in [0.4, 0.5) is 0 Å². The van der Waals surface area contributed by atoms with Gasteiger partial charge in [0.1, 0.15) is 0 Å². The fourth-order valence-corrected chi connectivity index (χ4v) is 4.20. The Morgan fingerprint density at radius 2 is 2.12 bits per heavy atom. The van der Waals surface area contributed by atoms with Crippen LogP contribution in [0.3, 0.4) is 0 Å². The number of likely N-dealkylation sites (tertiary alicyclic amines) is 1. The Morgan fingerprint density at radius 3 is 2.88 bits per heavy atom. The van der Waals surface area contributed by atoms with Gasteiger partial charge in [0, 0.05) is 25.1 Å². The molecule has 0 radical (unpaired) electrons. The number of aliphatic hydroxyl groups excluding tert-OH is 1. The Kier molecular flexibility index (Phi) is 5.24. The van der Waals surface area contributed by atoms with Crippen molar-refractivity contribution in [2.24, 2.45) is 5.92 Å². The van der Waals surface area contributed by atoms with Crippen LogP contribution >= 0.6 is 0 Å². The smallest absolute Gasteiger partial charge is 0.0769 e. The first-order valence-electron chi connectivity index (χ1n) is 9.02. The van der Waals surface area contributed by atoms with Crippen LogP contribution in [0.5, 0.6) is 0 Å². The monoisotopic (exact) mass is 328 g/mol. The topological polar surface area (TPSA) is 56.5 Å². The zero-order chi connectivity index (χ0) is 17.2. The summed E-state index contributed by atoms with van der Waals surface area (Å²) in [6.45, 7) is 7.18. The molecule has 2 aliphatic rings. The molecule has 2 heterocycles. The first-order chi connectivity index (χ1) is 11.5. The number of hydrogen-bond donors (Lipinski definition) is 1. The second-order valence-electron chi connectivity index (χ2n) is 7.67. The van der Waals surface area contributed by atoms with Crippen molar-refractivity contribution in [2.75, 3.05) is 19.8 Å². The fraction of sp³-hybridized carbons (Fsp3) is 0.650. The SMILES string of the molecule is CC(C)(C#N)c1ccccc1CN1CCC[C@@H]1[C@@H]1COCC[C@@H]1O. The lowest BCUT2D eigenvalue weighted by Crippen LogP contribution is -2.46. The van der Waals surface area contributed by atoms with Crippen LogP contribution in [0.25, 0.3) is 0 Å². The zero-order valence-corrected chi connectivity index (χ0v) is 14.7. The first-order valence-corrected chi connectivity index (χ1v) is 9.02. The van der Waals surface area contributed by atoms with Crippen molar-refractivity contribution in [3.05, 3.63) is 35.4 Å². The fourth-order valence-electron chi connectivity index (χ4n) is 4.20. The molecule has 0 spiro atoms. The molecule has 0 amide bonds. The van der Waals surface area contributed by atoms with Crippen LogP contribution in [0.2, 0.25) is 0 Å². The minimum atomic E-state index is -0.487. The molecule has 0 aliphatic carbocycles. The predicted octanol–water partition coefficient (Wildman–Crippen LogP) is 2.85. The van der Waals surface area contributed by atoms with Crippen molar-refractivity contribution < 1.29 is 9.84 Å². The zero-order valence-electron chi connectivity index (χ0n) is 14.7. The summed E-state index contributed by atoms with van der Waals surface area (Å²) < 4.78 is 5.63. The first kappa shape index (κ1) is 17.4. The van der Waals surface area contributed by atoms with Crippen molar-refractivity contribution in [3.63, 3.8) is 0 Å². The summed E-state index contributed by atoms with van der Waals surface area (Å²) in [5.41, 5.74) is 1.85. The van der Waals surface area contributed by atoms with Gasteiger partial charge in [-0.25, -0.2) is 0 Å². The highest BCUT2D eigenvalue weighted by molar-refractivity contribution is 5.37. The molecule has 0 unspecified atom stereocenters. The highest BCUT2D eigenvalue weighted by Crippen LogP contribution is 2.33. The number of nitriles is 1. The molecule has 0 bridgehead atoms. The highest BCUT2D eigenvalue weighted by atomic mass is 16.5. The van der Waals surface area contributed by atoms with Crippen molar-refractivity contribution in [1.82, 2.24) is 4.90 Å². The van der Waals surface area contributed by atoms with Crippen LogP contribution in [0.1, 0.15) is 44.2 Å². The summed E-state index contributed by atoms with van der Waals surface area (Å²) in [5, 5.41) is 19.9. The number of rotatable bonds is 4. The van der Waals surface area contributed by atoms with Crippen molar-refractivity contribution >= 4 is 0 Å². The molecule has 1 aromatic carbocycles. The quantitative estimate of drug-likeness (QED) is 0.923. The third-order valence-electron chi connectivity index (χ3n) is 5.61. The maximum absolute atomic E-state index is 10.4. The number of ether oxygens (including phenoxy) is 1. The predicted molar refractivity (Wildman–Crippen MR) is 93.4 cm³/mol. The normalized spacial score (nSPS) is 28.7. The molecule has 1 N–H and O–H groups in total. The number of benzene rings is 1. The average molecular weight is 328 g/mol. The van der Waals surface area contributed by atoms with E-state index in [-0.39, 0.29) is 12.0 Å². The Hall–Kier alpha value is -1.41. The van der Waals surface area contributed by atoms with Crippen molar-refractivity contribution in [2.45, 2.75) is 57.2 Å². The lowest BCUT2D eigenvalue weighted by molar-refractivity contribution is -0.0636. The van der Waals surface area contributed by atoms with Gasteiger partial charge >= 0.3 is 0 Å². The van der Waals surface area contributed by atoms with Gasteiger partial charge in [-0.2, -0.15) is 5.26 Å². The molecule has 2 fully saturated rings. The third kappa shape index (κ3) is 3.49. The molecule has 24 heavy (non-hydrogen) atoms. The molecule has 2 saturated heterocycles. The summed E-state index contributed by atoms with van der Waals surface area (Å²) in [4.78, 5) is 2.48. The number of nitrogens with zero attached hydrogens (tertiary/aromatic N) is 2. The second-order valence-corrected chi connectivity index (χ2v) is 7.67. The van der Waals surface area contributed by atoms with Crippen LogP contribution < -0.4 is 0 Å². The molecule has 0 aromatic heterocycles. The van der Waals surface area contributed by atoms with Gasteiger partial charge in [-0.05, 0) is 50.8 Å². The third-order valence-corrected chi connectivity index (χ3v) is 5.61. The van der Waals surface area contributed by atoms with Gasteiger partial charge < -0.3 is 9.84 Å². The Bertz CT molecular complexity index is 608. The van der Waals surface area contributed by atoms with Crippen molar-refractivity contribution in [1.29, 1.82) is 5.26 Å². The molecule has 0 saturated carbocycles. The van der Waals surface area contributed by atoms with E-state index in [1.807, 2.05) is 19.9 Å². The molecule has 2 aliphatic heterocycles. The van der Waals surface area contributed by atoms with E-state index in [0.717, 1.165) is 37.9 Å². The highest BCUT2D eigenvalue weighted by Gasteiger charge is 2.38. The van der Waals surface area contributed by atoms with E-state index >= 15 is 0 Å². The molecule has 3 rings (SSSR count). The Morgan fingerprint density at radius 1 is 1.33 bits per heavy atom. The van der Waals surface area contributed by atoms with Crippen LogP contribution in [-0.2, 0) is 16.7 Å². The molecular formula is C20H28N2O2. The largest absolute Gasteiger partial charge is 0.393 e. The van der Waals surface area contributed by atoms with E-state index in [4.69, 9.17) is 4.74 Å². The van der Waals surface area contributed by atoms with E-state index < -0.39 is 5.41 Å². The summed E-state index contributed by atoms with van der Waals surface area (Å²) in [6.07, 6.45) is 2.77. The van der Waals surface area contributed by atoms with Crippen molar-refractivity contribution in [3.8, 4) is 6.07 Å². The average Bonchev–Trinajstić information content (AvgIpc) is 3.03. The maximum atomic E-state index is 10.4. The standard InChI is InChI=1S/C20H28N2O2/c1-20(2,14-21)17-7-4-3-6-15(17)12-22-10-5-8-18(22)16-13-24-11-9-19(16)23/h3-4,6-7,16,18-19,23H,5,8-13H2,1-2H3/t16-,18+,19-/m0/s1. The summed E-state index contributed by atoms with van der Waals surface area (Å²) in [7, 11) is 0.